The molecule has 1 aromatic carbocycles. The van der Waals surface area contributed by atoms with Crippen molar-refractivity contribution in [1.29, 1.82) is 0 Å². The van der Waals surface area contributed by atoms with Crippen molar-refractivity contribution in [3.8, 4) is 0 Å². The van der Waals surface area contributed by atoms with Crippen LogP contribution in [0.15, 0.2) is 18.2 Å². The van der Waals surface area contributed by atoms with E-state index in [0.717, 1.165) is 6.07 Å². The topological polar surface area (TPSA) is 113 Å². The largest absolute Gasteiger partial charge is 0.480 e. The average Bonchev–Trinajstić information content (AvgIpc) is 2.47. The highest BCUT2D eigenvalue weighted by atomic mass is 35.5. The summed E-state index contributed by atoms with van der Waals surface area (Å²) in [6.45, 7) is 3.60. The second-order valence-corrected chi connectivity index (χ2v) is 5.36. The van der Waals surface area contributed by atoms with Gasteiger partial charge in [0.25, 0.3) is 5.69 Å². The number of rotatable bonds is 8. The third kappa shape index (κ3) is 5.50. The highest BCUT2D eigenvalue weighted by Gasteiger charge is 2.23. The molecule has 0 aliphatic rings. The zero-order valence-corrected chi connectivity index (χ0v) is 13.5. The Morgan fingerprint density at radius 2 is 2.13 bits per heavy atom. The van der Waals surface area contributed by atoms with E-state index in [4.69, 9.17) is 16.7 Å². The van der Waals surface area contributed by atoms with Gasteiger partial charge in [0, 0.05) is 12.1 Å². The van der Waals surface area contributed by atoms with Crippen molar-refractivity contribution in [3.63, 3.8) is 0 Å². The SMILES string of the molecule is CCCN(CC(=O)O)C(C)C(=O)Nc1cc([N+](=O)[O-])ccc1Cl. The van der Waals surface area contributed by atoms with E-state index >= 15 is 0 Å². The van der Waals surface area contributed by atoms with E-state index in [2.05, 4.69) is 5.32 Å². The molecule has 0 radical (unpaired) electrons. The molecule has 0 aliphatic carbocycles. The van der Waals surface area contributed by atoms with Gasteiger partial charge in [-0.3, -0.25) is 24.6 Å². The Morgan fingerprint density at radius 1 is 1.48 bits per heavy atom. The summed E-state index contributed by atoms with van der Waals surface area (Å²) in [5, 5.41) is 22.3. The maximum absolute atomic E-state index is 12.3. The number of hydrogen-bond donors (Lipinski definition) is 2. The van der Waals surface area contributed by atoms with E-state index in [-0.39, 0.29) is 22.9 Å². The fourth-order valence-electron chi connectivity index (χ4n) is 2.00. The third-order valence-corrected chi connectivity index (χ3v) is 3.52. The Hall–Kier alpha value is -2.19. The van der Waals surface area contributed by atoms with Crippen LogP contribution in [0.2, 0.25) is 5.02 Å². The molecule has 1 unspecified atom stereocenters. The molecule has 0 saturated carbocycles. The van der Waals surface area contributed by atoms with Gasteiger partial charge in [0.05, 0.1) is 28.2 Å². The minimum Gasteiger partial charge on any atom is -0.480 e. The smallest absolute Gasteiger partial charge is 0.317 e. The molecule has 0 fully saturated rings. The Balaban J connectivity index is 2.90. The van der Waals surface area contributed by atoms with Crippen LogP contribution in [0.25, 0.3) is 0 Å². The highest BCUT2D eigenvalue weighted by molar-refractivity contribution is 6.33. The Morgan fingerprint density at radius 3 is 2.65 bits per heavy atom. The number of benzene rings is 1. The lowest BCUT2D eigenvalue weighted by Gasteiger charge is -2.26. The molecule has 1 amide bonds. The fourth-order valence-corrected chi connectivity index (χ4v) is 2.16. The van der Waals surface area contributed by atoms with Gasteiger partial charge in [-0.15, -0.1) is 0 Å². The van der Waals surface area contributed by atoms with Gasteiger partial charge in [-0.25, -0.2) is 0 Å². The molecule has 1 aromatic rings. The van der Waals surface area contributed by atoms with E-state index in [1.807, 2.05) is 6.92 Å². The van der Waals surface area contributed by atoms with Crippen LogP contribution in [0.5, 0.6) is 0 Å². The molecule has 126 valence electrons. The summed E-state index contributed by atoms with van der Waals surface area (Å²) in [6.07, 6.45) is 0.683. The predicted molar refractivity (Wildman–Crippen MR) is 85.7 cm³/mol. The first kappa shape index (κ1) is 18.9. The first-order chi connectivity index (χ1) is 10.8. The van der Waals surface area contributed by atoms with E-state index in [0.29, 0.717) is 13.0 Å². The number of nitrogens with one attached hydrogen (secondary N) is 1. The minimum atomic E-state index is -1.04. The first-order valence-electron chi connectivity index (χ1n) is 6.96. The molecular formula is C14H18ClN3O5. The van der Waals surface area contributed by atoms with Crippen molar-refractivity contribution < 1.29 is 19.6 Å². The molecule has 2 N–H and O–H groups in total. The number of non-ortho nitro benzene ring substituents is 1. The number of nitro benzene ring substituents is 1. The second-order valence-electron chi connectivity index (χ2n) is 4.95. The number of nitrogens with zero attached hydrogens (tertiary/aromatic N) is 2. The van der Waals surface area contributed by atoms with Crippen LogP contribution in [-0.2, 0) is 9.59 Å². The van der Waals surface area contributed by atoms with Crippen molar-refractivity contribution in [3.05, 3.63) is 33.3 Å². The van der Waals surface area contributed by atoms with Crippen molar-refractivity contribution in [2.75, 3.05) is 18.4 Å². The zero-order valence-electron chi connectivity index (χ0n) is 12.8. The van der Waals surface area contributed by atoms with Gasteiger partial charge in [-0.05, 0) is 26.0 Å². The Labute approximate surface area is 138 Å². The van der Waals surface area contributed by atoms with Crippen LogP contribution in [0.4, 0.5) is 11.4 Å². The first-order valence-corrected chi connectivity index (χ1v) is 7.34. The molecule has 0 aromatic heterocycles. The second kappa shape index (κ2) is 8.44. The lowest BCUT2D eigenvalue weighted by atomic mass is 10.2. The molecular weight excluding hydrogens is 326 g/mol. The fraction of sp³-hybridized carbons (Fsp3) is 0.429. The number of nitro groups is 1. The molecule has 23 heavy (non-hydrogen) atoms. The summed E-state index contributed by atoms with van der Waals surface area (Å²) in [7, 11) is 0. The van der Waals surface area contributed by atoms with Gasteiger partial charge in [-0.2, -0.15) is 0 Å². The van der Waals surface area contributed by atoms with Crippen LogP contribution in [0.1, 0.15) is 20.3 Å². The quantitative estimate of drug-likeness (QED) is 0.553. The molecule has 1 atom stereocenters. The minimum absolute atomic E-state index is 0.115. The summed E-state index contributed by atoms with van der Waals surface area (Å²) >= 11 is 5.93. The van der Waals surface area contributed by atoms with E-state index in [1.165, 1.54) is 17.0 Å². The number of anilines is 1. The molecule has 1 rings (SSSR count). The van der Waals surface area contributed by atoms with Crippen molar-refractivity contribution in [1.82, 2.24) is 4.90 Å². The number of carboxylic acids is 1. The number of aliphatic carboxylic acids is 1. The van der Waals surface area contributed by atoms with E-state index in [1.54, 1.807) is 6.92 Å². The highest BCUT2D eigenvalue weighted by Crippen LogP contribution is 2.27. The third-order valence-electron chi connectivity index (χ3n) is 3.19. The number of carboxylic acid groups (broad SMARTS) is 1. The summed E-state index contributed by atoms with van der Waals surface area (Å²) in [5.74, 6) is -1.52. The van der Waals surface area contributed by atoms with Crippen molar-refractivity contribution >= 4 is 34.9 Å². The molecule has 0 heterocycles. The lowest BCUT2D eigenvalue weighted by Crippen LogP contribution is -2.45. The average molecular weight is 344 g/mol. The molecule has 0 aliphatic heterocycles. The number of carbonyl (C=O) groups is 2. The van der Waals surface area contributed by atoms with Crippen molar-refractivity contribution in [2.45, 2.75) is 26.3 Å². The molecule has 0 spiro atoms. The summed E-state index contributed by atoms with van der Waals surface area (Å²) in [5.41, 5.74) is -0.0854. The number of amides is 1. The monoisotopic (exact) mass is 343 g/mol. The summed E-state index contributed by atoms with van der Waals surface area (Å²) in [4.78, 5) is 34.8. The number of carbonyl (C=O) groups excluding carboxylic acids is 1. The van der Waals surface area contributed by atoms with E-state index < -0.39 is 22.8 Å². The molecule has 0 bridgehead atoms. The normalized spacial score (nSPS) is 12.0. The van der Waals surface area contributed by atoms with Crippen LogP contribution < -0.4 is 5.32 Å². The predicted octanol–water partition coefficient (Wildman–Crippen LogP) is 2.37. The van der Waals surface area contributed by atoms with Crippen LogP contribution in [-0.4, -0.2) is 45.9 Å². The van der Waals surface area contributed by atoms with Gasteiger partial charge in [0.1, 0.15) is 0 Å². The van der Waals surface area contributed by atoms with Gasteiger partial charge < -0.3 is 10.4 Å². The maximum atomic E-state index is 12.3. The Kier molecular flexibility index (Phi) is 6.92. The van der Waals surface area contributed by atoms with E-state index in [9.17, 15) is 19.7 Å². The van der Waals surface area contributed by atoms with Crippen LogP contribution in [0.3, 0.4) is 0 Å². The molecule has 0 saturated heterocycles. The standard InChI is InChI=1S/C14H18ClN3O5/c1-3-6-17(8-13(19)20)9(2)14(21)16-12-7-10(18(22)23)4-5-11(12)15/h4-5,7,9H,3,6,8H2,1-2H3,(H,16,21)(H,19,20). The van der Waals surface area contributed by atoms with Gasteiger partial charge in [-0.1, -0.05) is 18.5 Å². The summed E-state index contributed by atoms with van der Waals surface area (Å²) < 4.78 is 0. The maximum Gasteiger partial charge on any atom is 0.317 e. The van der Waals surface area contributed by atoms with Crippen LogP contribution in [0, 0.1) is 10.1 Å². The molecule has 8 nitrogen and oxygen atoms in total. The number of halogens is 1. The van der Waals surface area contributed by atoms with Crippen molar-refractivity contribution in [2.24, 2.45) is 0 Å². The number of hydrogen-bond acceptors (Lipinski definition) is 5. The Bertz CT molecular complexity index is 608. The van der Waals surface area contributed by atoms with Gasteiger partial charge in [0.2, 0.25) is 5.91 Å². The zero-order chi connectivity index (χ0) is 17.6. The summed E-state index contributed by atoms with van der Waals surface area (Å²) in [6, 6.07) is 2.99. The molecule has 9 heteroatoms. The lowest BCUT2D eigenvalue weighted by molar-refractivity contribution is -0.384. The van der Waals surface area contributed by atoms with Crippen LogP contribution >= 0.6 is 11.6 Å². The van der Waals surface area contributed by atoms with Gasteiger partial charge >= 0.3 is 5.97 Å². The van der Waals surface area contributed by atoms with Gasteiger partial charge in [0.15, 0.2) is 0 Å².